The summed E-state index contributed by atoms with van der Waals surface area (Å²) in [7, 11) is 0. The first-order chi connectivity index (χ1) is 15.8. The number of aromatic nitrogens is 3. The molecule has 0 radical (unpaired) electrons. The fourth-order valence-electron chi connectivity index (χ4n) is 4.19. The number of rotatable bonds is 5. The molecule has 4 rings (SSSR count). The summed E-state index contributed by atoms with van der Waals surface area (Å²) in [4.78, 5) is 32.3. The van der Waals surface area contributed by atoms with Gasteiger partial charge in [0.25, 0.3) is 11.8 Å². The molecule has 0 saturated carbocycles. The number of halogens is 1. The van der Waals surface area contributed by atoms with Crippen molar-refractivity contribution in [1.29, 1.82) is 0 Å². The number of carbonyl (C=O) groups excluding carboxylic acids is 2. The standard InChI is InChI=1S/C25H30FN5O2/c1-15(2)22-13-19(20-14-27-31(16(3)4)23(20)29-22)24(32)28-17-9-11-30(12-10-17)25(33)18-7-5-6-8-21(18)26/h5-8,13-17H,9-12H2,1-4H3,(H,28,32). The monoisotopic (exact) mass is 451 g/mol. The number of nitrogens with one attached hydrogen (secondary N) is 1. The molecule has 1 fully saturated rings. The molecule has 33 heavy (non-hydrogen) atoms. The molecule has 0 spiro atoms. The molecule has 8 heteroatoms. The van der Waals surface area contributed by atoms with E-state index in [9.17, 15) is 14.0 Å². The van der Waals surface area contributed by atoms with Gasteiger partial charge in [-0.05, 0) is 50.8 Å². The zero-order valence-corrected chi connectivity index (χ0v) is 19.5. The van der Waals surface area contributed by atoms with Crippen molar-refractivity contribution >= 4 is 22.8 Å². The summed E-state index contributed by atoms with van der Waals surface area (Å²) in [6, 6.07) is 7.95. The number of piperidine rings is 1. The summed E-state index contributed by atoms with van der Waals surface area (Å²) < 4.78 is 15.8. The van der Waals surface area contributed by atoms with E-state index in [1.807, 2.05) is 38.4 Å². The van der Waals surface area contributed by atoms with Gasteiger partial charge in [0, 0.05) is 30.9 Å². The van der Waals surface area contributed by atoms with Crippen LogP contribution in [0.15, 0.2) is 36.5 Å². The number of fused-ring (bicyclic) bond motifs is 1. The third-order valence-corrected chi connectivity index (χ3v) is 6.13. The second-order valence-corrected chi connectivity index (χ2v) is 9.19. The summed E-state index contributed by atoms with van der Waals surface area (Å²) in [6.07, 6.45) is 2.93. The van der Waals surface area contributed by atoms with Gasteiger partial charge in [-0.25, -0.2) is 14.1 Å². The van der Waals surface area contributed by atoms with Gasteiger partial charge in [0.2, 0.25) is 0 Å². The smallest absolute Gasteiger partial charge is 0.256 e. The number of hydrogen-bond acceptors (Lipinski definition) is 4. The zero-order valence-electron chi connectivity index (χ0n) is 19.5. The Bertz CT molecular complexity index is 1180. The van der Waals surface area contributed by atoms with E-state index in [-0.39, 0.29) is 35.4 Å². The topological polar surface area (TPSA) is 80.1 Å². The lowest BCUT2D eigenvalue weighted by Gasteiger charge is -2.32. The maximum absolute atomic E-state index is 14.0. The van der Waals surface area contributed by atoms with Gasteiger partial charge >= 0.3 is 0 Å². The molecule has 1 saturated heterocycles. The van der Waals surface area contributed by atoms with Crippen molar-refractivity contribution < 1.29 is 14.0 Å². The van der Waals surface area contributed by atoms with Crippen LogP contribution in [0.2, 0.25) is 0 Å². The summed E-state index contributed by atoms with van der Waals surface area (Å²) in [5, 5.41) is 8.31. The Morgan fingerprint density at radius 3 is 2.42 bits per heavy atom. The van der Waals surface area contributed by atoms with Gasteiger partial charge in [-0.1, -0.05) is 26.0 Å². The molecule has 3 heterocycles. The highest BCUT2D eigenvalue weighted by molar-refractivity contribution is 6.05. The summed E-state index contributed by atoms with van der Waals surface area (Å²) >= 11 is 0. The molecule has 7 nitrogen and oxygen atoms in total. The van der Waals surface area contributed by atoms with Crippen LogP contribution in [0.1, 0.15) is 78.9 Å². The molecule has 1 aromatic carbocycles. The molecule has 1 aliphatic heterocycles. The van der Waals surface area contributed by atoms with Gasteiger partial charge in [-0.3, -0.25) is 9.59 Å². The lowest BCUT2D eigenvalue weighted by Crippen LogP contribution is -2.46. The fraction of sp³-hybridized carbons (Fsp3) is 0.440. The quantitative estimate of drug-likeness (QED) is 0.627. The van der Waals surface area contributed by atoms with Gasteiger partial charge in [-0.2, -0.15) is 5.10 Å². The average Bonchev–Trinajstić information content (AvgIpc) is 3.23. The molecule has 0 unspecified atom stereocenters. The number of pyridine rings is 1. The average molecular weight is 452 g/mol. The molecule has 1 N–H and O–H groups in total. The third kappa shape index (κ3) is 4.60. The van der Waals surface area contributed by atoms with Crippen molar-refractivity contribution in [2.45, 2.75) is 58.5 Å². The highest BCUT2D eigenvalue weighted by atomic mass is 19.1. The number of benzene rings is 1. The molecule has 2 aromatic heterocycles. The van der Waals surface area contributed by atoms with Crippen molar-refractivity contribution in [3.05, 3.63) is 59.2 Å². The first-order valence-corrected chi connectivity index (χ1v) is 11.5. The fourth-order valence-corrected chi connectivity index (χ4v) is 4.19. The van der Waals surface area contributed by atoms with Crippen LogP contribution in [0.4, 0.5) is 4.39 Å². The summed E-state index contributed by atoms with van der Waals surface area (Å²) in [5.74, 6) is -0.811. The van der Waals surface area contributed by atoms with E-state index in [1.165, 1.54) is 12.1 Å². The van der Waals surface area contributed by atoms with E-state index in [0.29, 0.717) is 37.1 Å². The van der Waals surface area contributed by atoms with Crippen molar-refractivity contribution in [1.82, 2.24) is 25.0 Å². The number of nitrogens with zero attached hydrogens (tertiary/aromatic N) is 4. The summed E-state index contributed by atoms with van der Waals surface area (Å²) in [5.41, 5.74) is 2.22. The highest BCUT2D eigenvalue weighted by Crippen LogP contribution is 2.25. The van der Waals surface area contributed by atoms with E-state index in [0.717, 1.165) is 11.1 Å². The highest BCUT2D eigenvalue weighted by Gasteiger charge is 2.27. The minimum Gasteiger partial charge on any atom is -0.349 e. The third-order valence-electron chi connectivity index (χ3n) is 6.13. The lowest BCUT2D eigenvalue weighted by atomic mass is 10.0. The van der Waals surface area contributed by atoms with Crippen molar-refractivity contribution in [2.75, 3.05) is 13.1 Å². The molecule has 0 aliphatic carbocycles. The van der Waals surface area contributed by atoms with E-state index < -0.39 is 5.82 Å². The van der Waals surface area contributed by atoms with Crippen LogP contribution in [0, 0.1) is 5.82 Å². The van der Waals surface area contributed by atoms with E-state index in [1.54, 1.807) is 23.2 Å². The molecule has 174 valence electrons. The molecule has 0 atom stereocenters. The van der Waals surface area contributed by atoms with Crippen molar-refractivity contribution in [2.24, 2.45) is 0 Å². The molecular weight excluding hydrogens is 421 g/mol. The largest absolute Gasteiger partial charge is 0.349 e. The Kier molecular flexibility index (Phi) is 6.44. The first-order valence-electron chi connectivity index (χ1n) is 11.5. The molecule has 0 bridgehead atoms. The Labute approximate surface area is 193 Å². The Hall–Kier alpha value is -3.29. The second-order valence-electron chi connectivity index (χ2n) is 9.19. The Morgan fingerprint density at radius 1 is 1.09 bits per heavy atom. The maximum Gasteiger partial charge on any atom is 0.256 e. The maximum atomic E-state index is 14.0. The van der Waals surface area contributed by atoms with Crippen LogP contribution in [0.3, 0.4) is 0 Å². The van der Waals surface area contributed by atoms with E-state index in [2.05, 4.69) is 10.4 Å². The van der Waals surface area contributed by atoms with Gasteiger partial charge < -0.3 is 10.2 Å². The minimum atomic E-state index is -0.512. The van der Waals surface area contributed by atoms with Crippen LogP contribution < -0.4 is 5.32 Å². The predicted octanol–water partition coefficient (Wildman–Crippen LogP) is 4.31. The Morgan fingerprint density at radius 2 is 1.79 bits per heavy atom. The van der Waals surface area contributed by atoms with Crippen LogP contribution in [0.25, 0.3) is 11.0 Å². The van der Waals surface area contributed by atoms with Crippen molar-refractivity contribution in [3.8, 4) is 0 Å². The second kappa shape index (κ2) is 9.29. The predicted molar refractivity (Wildman–Crippen MR) is 125 cm³/mol. The number of amides is 2. The van der Waals surface area contributed by atoms with Gasteiger partial charge in [0.05, 0.1) is 22.7 Å². The number of hydrogen-bond donors (Lipinski definition) is 1. The number of carbonyl (C=O) groups is 2. The van der Waals surface area contributed by atoms with E-state index in [4.69, 9.17) is 4.98 Å². The van der Waals surface area contributed by atoms with Crippen LogP contribution in [0.5, 0.6) is 0 Å². The summed E-state index contributed by atoms with van der Waals surface area (Å²) in [6.45, 7) is 9.10. The Balaban J connectivity index is 1.48. The molecular formula is C25H30FN5O2. The van der Waals surface area contributed by atoms with Gasteiger partial charge in [0.15, 0.2) is 5.65 Å². The number of likely N-dealkylation sites (tertiary alicyclic amines) is 1. The lowest BCUT2D eigenvalue weighted by molar-refractivity contribution is 0.0694. The van der Waals surface area contributed by atoms with Crippen LogP contribution in [-0.4, -0.2) is 50.6 Å². The van der Waals surface area contributed by atoms with Crippen molar-refractivity contribution in [3.63, 3.8) is 0 Å². The normalized spacial score (nSPS) is 14.9. The molecule has 1 aliphatic rings. The van der Waals surface area contributed by atoms with Gasteiger partial charge in [-0.15, -0.1) is 0 Å². The zero-order chi connectivity index (χ0) is 23.7. The van der Waals surface area contributed by atoms with E-state index >= 15 is 0 Å². The first kappa shape index (κ1) is 22.9. The van der Waals surface area contributed by atoms with Gasteiger partial charge in [0.1, 0.15) is 5.82 Å². The molecule has 2 amide bonds. The van der Waals surface area contributed by atoms with Crippen LogP contribution >= 0.6 is 0 Å². The van der Waals surface area contributed by atoms with Crippen LogP contribution in [-0.2, 0) is 0 Å². The minimum absolute atomic E-state index is 0.0620. The SMILES string of the molecule is CC(C)c1cc(C(=O)NC2CCN(C(=O)c3ccccc3F)CC2)c2cnn(C(C)C)c2n1. The molecule has 3 aromatic rings.